The number of ether oxygens (including phenoxy) is 6. The van der Waals surface area contributed by atoms with Gasteiger partial charge in [-0.15, -0.1) is 0 Å². The van der Waals surface area contributed by atoms with Gasteiger partial charge in [-0.05, 0) is 51.5 Å². The molecule has 0 amide bonds. The van der Waals surface area contributed by atoms with Gasteiger partial charge in [-0.3, -0.25) is 19.4 Å². The predicted octanol–water partition coefficient (Wildman–Crippen LogP) is 3.20. The van der Waals surface area contributed by atoms with Gasteiger partial charge in [0.05, 0.1) is 28.9 Å². The lowest BCUT2D eigenvalue weighted by atomic mass is 9.46. The maximum atomic E-state index is 13.9. The summed E-state index contributed by atoms with van der Waals surface area (Å²) >= 11 is 0. The number of esters is 5. The van der Waals surface area contributed by atoms with Crippen molar-refractivity contribution in [2.45, 2.75) is 103 Å². The molecule has 0 radical (unpaired) electrons. The molecule has 8 atom stereocenters. The van der Waals surface area contributed by atoms with Gasteiger partial charge < -0.3 is 37.9 Å². The van der Waals surface area contributed by atoms with E-state index in [0.717, 1.165) is 6.92 Å². The number of hydrogen-bond donors (Lipinski definition) is 1. The van der Waals surface area contributed by atoms with Crippen LogP contribution in [0.4, 0.5) is 0 Å². The monoisotopic (exact) mass is 671 g/mol. The molecule has 1 spiro atoms. The summed E-state index contributed by atoms with van der Waals surface area (Å²) in [6.07, 6.45) is -2.07. The Kier molecular flexibility index (Phi) is 9.21. The molecule has 14 nitrogen and oxygen atoms in total. The fraction of sp³-hybridized carbons (Fsp3) is 0.588. The zero-order valence-electron chi connectivity index (χ0n) is 27.9. The molecule has 1 unspecified atom stereocenters. The summed E-state index contributed by atoms with van der Waals surface area (Å²) < 4.78 is 42.3. The van der Waals surface area contributed by atoms with Crippen molar-refractivity contribution in [3.05, 3.63) is 54.2 Å². The summed E-state index contributed by atoms with van der Waals surface area (Å²) in [5.41, 5.74) is -7.34. The molecule has 1 saturated heterocycles. The minimum Gasteiger partial charge on any atom is -0.464 e. The van der Waals surface area contributed by atoms with E-state index < -0.39 is 94.9 Å². The first kappa shape index (κ1) is 35.0. The molecule has 1 N–H and O–H groups in total. The molecular formula is C34H41NO13. The first-order valence-electron chi connectivity index (χ1n) is 15.8. The normalized spacial score (nSPS) is 33.2. The van der Waals surface area contributed by atoms with Crippen LogP contribution in [0.25, 0.3) is 0 Å². The van der Waals surface area contributed by atoms with Crippen LogP contribution < -0.4 is 0 Å². The molecule has 2 aliphatic carbocycles. The third kappa shape index (κ3) is 5.74. The molecule has 1 aliphatic heterocycles. The third-order valence-electron chi connectivity index (χ3n) is 9.70. The highest BCUT2D eigenvalue weighted by Crippen LogP contribution is 2.69. The lowest BCUT2D eigenvalue weighted by Gasteiger charge is -2.65. The van der Waals surface area contributed by atoms with Crippen molar-refractivity contribution in [1.29, 1.82) is 0 Å². The van der Waals surface area contributed by atoms with Gasteiger partial charge in [0.15, 0.2) is 11.7 Å². The number of hydrogen-bond acceptors (Lipinski definition) is 14. The zero-order valence-corrected chi connectivity index (χ0v) is 27.9. The van der Waals surface area contributed by atoms with Gasteiger partial charge in [-0.2, -0.15) is 0 Å². The van der Waals surface area contributed by atoms with Crippen LogP contribution in [-0.4, -0.2) is 87.8 Å². The van der Waals surface area contributed by atoms with E-state index in [4.69, 9.17) is 32.8 Å². The van der Waals surface area contributed by atoms with Gasteiger partial charge in [-0.1, -0.05) is 13.8 Å². The summed E-state index contributed by atoms with van der Waals surface area (Å²) in [5, 5.41) is 12.6. The summed E-state index contributed by atoms with van der Waals surface area (Å²) in [6.45, 7) is 9.75. The van der Waals surface area contributed by atoms with Crippen LogP contribution in [0.15, 0.2) is 47.3 Å². The Labute approximate surface area is 277 Å². The number of nitrogens with zero attached hydrogens (tertiary/aromatic N) is 1. The average Bonchev–Trinajstić information content (AvgIpc) is 3.59. The Morgan fingerprint density at radius 2 is 1.67 bits per heavy atom. The highest BCUT2D eigenvalue weighted by atomic mass is 16.6. The Morgan fingerprint density at radius 3 is 2.25 bits per heavy atom. The molecule has 2 aromatic heterocycles. The first-order chi connectivity index (χ1) is 22.5. The van der Waals surface area contributed by atoms with Crippen molar-refractivity contribution in [3.8, 4) is 0 Å². The van der Waals surface area contributed by atoms with E-state index in [-0.39, 0.29) is 24.2 Å². The van der Waals surface area contributed by atoms with Crippen LogP contribution in [0.1, 0.15) is 82.2 Å². The topological polar surface area (TPSA) is 187 Å². The van der Waals surface area contributed by atoms with Crippen molar-refractivity contribution < 1.29 is 61.9 Å². The van der Waals surface area contributed by atoms with Crippen LogP contribution in [-0.2, 0) is 42.8 Å². The highest BCUT2D eigenvalue weighted by Gasteiger charge is 2.86. The van der Waals surface area contributed by atoms with Crippen molar-refractivity contribution in [3.63, 3.8) is 0 Å². The van der Waals surface area contributed by atoms with E-state index in [1.54, 1.807) is 27.7 Å². The Bertz CT molecular complexity index is 1550. The van der Waals surface area contributed by atoms with Crippen LogP contribution in [0.2, 0.25) is 0 Å². The molecule has 5 rings (SSSR count). The van der Waals surface area contributed by atoms with Gasteiger partial charge in [0.25, 0.3) is 0 Å². The average molecular weight is 672 g/mol. The summed E-state index contributed by atoms with van der Waals surface area (Å²) in [7, 11) is 0. The Morgan fingerprint density at radius 1 is 0.958 bits per heavy atom. The maximum Gasteiger partial charge on any atom is 0.374 e. The minimum absolute atomic E-state index is 0.0295. The quantitative estimate of drug-likeness (QED) is 0.302. The van der Waals surface area contributed by atoms with Gasteiger partial charge >= 0.3 is 29.8 Å². The van der Waals surface area contributed by atoms with Crippen LogP contribution in [0, 0.1) is 17.3 Å². The number of aromatic nitrogens is 1. The molecule has 2 saturated carbocycles. The lowest BCUT2D eigenvalue weighted by Crippen LogP contribution is -2.83. The molecule has 14 heteroatoms. The maximum absolute atomic E-state index is 13.9. The smallest absolute Gasteiger partial charge is 0.374 e. The Hall–Kier alpha value is -4.30. The van der Waals surface area contributed by atoms with Gasteiger partial charge in [0, 0.05) is 38.6 Å². The summed E-state index contributed by atoms with van der Waals surface area (Å²) in [4.78, 5) is 70.0. The van der Waals surface area contributed by atoms with Gasteiger partial charge in [0.2, 0.25) is 5.76 Å². The van der Waals surface area contributed by atoms with E-state index in [0.29, 0.717) is 0 Å². The molecular weight excluding hydrogens is 630 g/mol. The number of carbonyl (C=O) groups excluding carboxylic acids is 5. The van der Waals surface area contributed by atoms with Crippen LogP contribution >= 0.6 is 0 Å². The summed E-state index contributed by atoms with van der Waals surface area (Å²) in [5.74, 6) is -5.46. The first-order valence-corrected chi connectivity index (χ1v) is 15.8. The van der Waals surface area contributed by atoms with Gasteiger partial charge in [0.1, 0.15) is 30.3 Å². The van der Waals surface area contributed by atoms with Crippen molar-refractivity contribution >= 4 is 29.8 Å². The molecule has 260 valence electrons. The summed E-state index contributed by atoms with van der Waals surface area (Å²) in [6, 6.07) is 5.86. The molecule has 3 fully saturated rings. The zero-order chi connectivity index (χ0) is 35.2. The number of furan rings is 1. The van der Waals surface area contributed by atoms with E-state index in [2.05, 4.69) is 4.98 Å². The fourth-order valence-electron chi connectivity index (χ4n) is 7.82. The van der Waals surface area contributed by atoms with Crippen molar-refractivity contribution in [2.75, 3.05) is 6.61 Å². The van der Waals surface area contributed by atoms with Gasteiger partial charge in [-0.25, -0.2) is 9.59 Å². The van der Waals surface area contributed by atoms with E-state index >= 15 is 0 Å². The Balaban J connectivity index is 1.82. The largest absolute Gasteiger partial charge is 0.464 e. The number of fused-ring (bicyclic) bond motifs is 1. The number of aliphatic hydroxyl groups is 1. The highest BCUT2D eigenvalue weighted by molar-refractivity contribution is 5.89. The number of carbonyl (C=O) groups is 5. The molecule has 0 aromatic carbocycles. The van der Waals surface area contributed by atoms with E-state index in [1.165, 1.54) is 56.8 Å². The molecule has 3 aliphatic rings. The van der Waals surface area contributed by atoms with Crippen molar-refractivity contribution in [1.82, 2.24) is 4.98 Å². The second-order valence-electron chi connectivity index (χ2n) is 13.7. The second-order valence-corrected chi connectivity index (χ2v) is 13.7. The van der Waals surface area contributed by atoms with Crippen molar-refractivity contribution in [2.24, 2.45) is 17.3 Å². The number of rotatable bonds is 9. The van der Waals surface area contributed by atoms with E-state index in [1.807, 2.05) is 0 Å². The SMILES string of the molecule is CC(=O)OC1[C@H]2C[C@H](OC(=O)c3ccco3)[C@]3(COC(=O)C(C)C)[C@@H](OC(=O)c4cccnc4)[C@@H](OC(C)=O)C[C@](C)(O)[C@@]13OC2(C)C. The molecule has 48 heavy (non-hydrogen) atoms. The van der Waals surface area contributed by atoms with Crippen LogP contribution in [0.5, 0.6) is 0 Å². The predicted molar refractivity (Wildman–Crippen MR) is 162 cm³/mol. The standard InChI is InChI=1S/C34H41NO13/c1-18(2)28(38)43-17-33-25(46-30(40)23-11-9-13-42-23)14-22-26(45-20(4)37)34(33,48-31(22,5)6)32(7,41)15-24(44-19(3)36)27(33)47-29(39)21-10-8-12-35-16-21/h8-13,16,18,22,24-27,41H,14-15,17H2,1-7H3/t22-,24+,25+,26?,27+,32+,33-,34+/m1/s1. The number of pyridine rings is 1. The molecule has 2 aromatic rings. The lowest BCUT2D eigenvalue weighted by molar-refractivity contribution is -0.354. The molecule has 2 bridgehead atoms. The molecule has 3 heterocycles. The van der Waals surface area contributed by atoms with Crippen LogP contribution in [0.3, 0.4) is 0 Å². The minimum atomic E-state index is -2.08. The van der Waals surface area contributed by atoms with E-state index in [9.17, 15) is 29.1 Å². The fourth-order valence-corrected chi connectivity index (χ4v) is 7.82. The third-order valence-corrected chi connectivity index (χ3v) is 9.70. The second kappa shape index (κ2) is 12.6.